The summed E-state index contributed by atoms with van der Waals surface area (Å²) in [5, 5.41) is 3.58. The molecule has 0 aromatic heterocycles. The lowest BCUT2D eigenvalue weighted by Crippen LogP contribution is -2.18. The summed E-state index contributed by atoms with van der Waals surface area (Å²) >= 11 is 0. The topological polar surface area (TPSA) is 12.0 Å². The zero-order chi connectivity index (χ0) is 10.8. The van der Waals surface area contributed by atoms with Crippen LogP contribution in [0.3, 0.4) is 0 Å². The minimum atomic E-state index is 0.555. The third-order valence-corrected chi connectivity index (χ3v) is 3.17. The summed E-state index contributed by atoms with van der Waals surface area (Å²) in [6.07, 6.45) is 2.25. The summed E-state index contributed by atoms with van der Waals surface area (Å²) in [6.45, 7) is 0. The van der Waals surface area contributed by atoms with Crippen LogP contribution in [-0.4, -0.2) is 6.04 Å². The SMILES string of the molecule is c1ccc(C[C@@H]2Cc3ccccc3N2)cc1. The molecule has 1 atom stereocenters. The maximum absolute atomic E-state index is 3.58. The Hall–Kier alpha value is -1.76. The van der Waals surface area contributed by atoms with Crippen LogP contribution in [0.5, 0.6) is 0 Å². The van der Waals surface area contributed by atoms with Crippen molar-refractivity contribution < 1.29 is 0 Å². The van der Waals surface area contributed by atoms with Crippen LogP contribution in [0.4, 0.5) is 5.69 Å². The molecule has 0 amide bonds. The first-order valence-electron chi connectivity index (χ1n) is 5.80. The van der Waals surface area contributed by atoms with E-state index in [4.69, 9.17) is 0 Å². The molecule has 1 heterocycles. The average molecular weight is 209 g/mol. The Labute approximate surface area is 96.1 Å². The molecule has 1 aliphatic heterocycles. The zero-order valence-electron chi connectivity index (χ0n) is 9.19. The first-order chi connectivity index (χ1) is 7.92. The monoisotopic (exact) mass is 209 g/mol. The molecule has 0 saturated carbocycles. The molecule has 0 aliphatic carbocycles. The van der Waals surface area contributed by atoms with Crippen molar-refractivity contribution in [2.24, 2.45) is 0 Å². The highest BCUT2D eigenvalue weighted by Crippen LogP contribution is 2.26. The van der Waals surface area contributed by atoms with E-state index in [0.29, 0.717) is 6.04 Å². The molecule has 0 spiro atoms. The lowest BCUT2D eigenvalue weighted by atomic mass is 10.0. The molecular formula is C15H15N. The van der Waals surface area contributed by atoms with Gasteiger partial charge in [-0.05, 0) is 30.0 Å². The number of nitrogens with one attached hydrogen (secondary N) is 1. The molecule has 80 valence electrons. The van der Waals surface area contributed by atoms with Crippen LogP contribution < -0.4 is 5.32 Å². The first kappa shape index (κ1) is 9.46. The van der Waals surface area contributed by atoms with Crippen LogP contribution >= 0.6 is 0 Å². The second-order valence-corrected chi connectivity index (χ2v) is 4.39. The van der Waals surface area contributed by atoms with Gasteiger partial charge in [-0.3, -0.25) is 0 Å². The highest BCUT2D eigenvalue weighted by molar-refractivity contribution is 5.56. The fourth-order valence-corrected chi connectivity index (χ4v) is 2.40. The van der Waals surface area contributed by atoms with Gasteiger partial charge in [0.05, 0.1) is 0 Å². The van der Waals surface area contributed by atoms with Crippen LogP contribution in [0.1, 0.15) is 11.1 Å². The number of hydrogen-bond acceptors (Lipinski definition) is 1. The zero-order valence-corrected chi connectivity index (χ0v) is 9.19. The van der Waals surface area contributed by atoms with E-state index in [2.05, 4.69) is 59.9 Å². The number of fused-ring (bicyclic) bond motifs is 1. The number of para-hydroxylation sites is 1. The number of benzene rings is 2. The first-order valence-corrected chi connectivity index (χ1v) is 5.80. The normalized spacial score (nSPS) is 17.9. The van der Waals surface area contributed by atoms with E-state index in [1.54, 1.807) is 0 Å². The quantitative estimate of drug-likeness (QED) is 0.800. The maximum atomic E-state index is 3.58. The Morgan fingerprint density at radius 2 is 1.69 bits per heavy atom. The van der Waals surface area contributed by atoms with Crippen LogP contribution in [0, 0.1) is 0 Å². The van der Waals surface area contributed by atoms with Gasteiger partial charge in [0.15, 0.2) is 0 Å². The van der Waals surface area contributed by atoms with Crippen molar-refractivity contribution in [2.75, 3.05) is 5.32 Å². The molecule has 0 bridgehead atoms. The maximum Gasteiger partial charge on any atom is 0.0375 e. The molecule has 0 fully saturated rings. The van der Waals surface area contributed by atoms with Crippen LogP contribution in [-0.2, 0) is 12.8 Å². The second kappa shape index (κ2) is 4.01. The van der Waals surface area contributed by atoms with Gasteiger partial charge in [0.1, 0.15) is 0 Å². The predicted octanol–water partition coefficient (Wildman–Crippen LogP) is 3.27. The predicted molar refractivity (Wildman–Crippen MR) is 67.7 cm³/mol. The molecule has 1 nitrogen and oxygen atoms in total. The molecular weight excluding hydrogens is 194 g/mol. The molecule has 1 N–H and O–H groups in total. The largest absolute Gasteiger partial charge is 0.381 e. The van der Waals surface area contributed by atoms with Crippen molar-refractivity contribution in [3.63, 3.8) is 0 Å². The second-order valence-electron chi connectivity index (χ2n) is 4.39. The molecule has 1 heteroatoms. The van der Waals surface area contributed by atoms with Gasteiger partial charge in [0.2, 0.25) is 0 Å². The van der Waals surface area contributed by atoms with E-state index < -0.39 is 0 Å². The minimum absolute atomic E-state index is 0.555. The third kappa shape index (κ3) is 1.81. The van der Waals surface area contributed by atoms with E-state index in [1.165, 1.54) is 16.8 Å². The van der Waals surface area contributed by atoms with E-state index in [1.807, 2.05) is 0 Å². The summed E-state index contributed by atoms with van der Waals surface area (Å²) in [5.74, 6) is 0. The Morgan fingerprint density at radius 1 is 0.938 bits per heavy atom. The Bertz CT molecular complexity index is 451. The van der Waals surface area contributed by atoms with E-state index in [9.17, 15) is 0 Å². The highest BCUT2D eigenvalue weighted by Gasteiger charge is 2.19. The van der Waals surface area contributed by atoms with Crippen molar-refractivity contribution in [3.8, 4) is 0 Å². The van der Waals surface area contributed by atoms with Gasteiger partial charge in [0.25, 0.3) is 0 Å². The van der Waals surface area contributed by atoms with Gasteiger partial charge in [-0.15, -0.1) is 0 Å². The van der Waals surface area contributed by atoms with Crippen LogP contribution in [0.25, 0.3) is 0 Å². The standard InChI is InChI=1S/C15H15N/c1-2-6-12(7-3-1)10-14-11-13-8-4-5-9-15(13)16-14/h1-9,14,16H,10-11H2/t14-/m1/s1. The van der Waals surface area contributed by atoms with Crippen LogP contribution in [0.2, 0.25) is 0 Å². The highest BCUT2D eigenvalue weighted by atomic mass is 14.9. The van der Waals surface area contributed by atoms with Crippen molar-refractivity contribution in [2.45, 2.75) is 18.9 Å². The van der Waals surface area contributed by atoms with E-state index in [-0.39, 0.29) is 0 Å². The van der Waals surface area contributed by atoms with E-state index >= 15 is 0 Å². The number of anilines is 1. The summed E-state index contributed by atoms with van der Waals surface area (Å²) < 4.78 is 0. The molecule has 2 aromatic carbocycles. The molecule has 0 unspecified atom stereocenters. The van der Waals surface area contributed by atoms with Gasteiger partial charge in [-0.25, -0.2) is 0 Å². The molecule has 0 radical (unpaired) electrons. The smallest absolute Gasteiger partial charge is 0.0375 e. The summed E-state index contributed by atoms with van der Waals surface area (Å²) in [7, 11) is 0. The summed E-state index contributed by atoms with van der Waals surface area (Å²) in [5.41, 5.74) is 4.17. The van der Waals surface area contributed by atoms with Crippen molar-refractivity contribution in [1.82, 2.24) is 0 Å². The number of hydrogen-bond donors (Lipinski definition) is 1. The van der Waals surface area contributed by atoms with Gasteiger partial charge < -0.3 is 5.32 Å². The Morgan fingerprint density at radius 3 is 2.50 bits per heavy atom. The molecule has 0 saturated heterocycles. The molecule has 2 aromatic rings. The summed E-state index contributed by atoms with van der Waals surface area (Å²) in [6, 6.07) is 19.8. The Balaban J connectivity index is 1.73. The molecule has 16 heavy (non-hydrogen) atoms. The third-order valence-electron chi connectivity index (χ3n) is 3.17. The average Bonchev–Trinajstić information content (AvgIpc) is 2.72. The van der Waals surface area contributed by atoms with Crippen molar-refractivity contribution >= 4 is 5.69 Å². The van der Waals surface area contributed by atoms with Gasteiger partial charge in [0, 0.05) is 11.7 Å². The van der Waals surface area contributed by atoms with Gasteiger partial charge >= 0.3 is 0 Å². The van der Waals surface area contributed by atoms with Crippen LogP contribution in [0.15, 0.2) is 54.6 Å². The lowest BCUT2D eigenvalue weighted by Gasteiger charge is -2.10. The molecule has 3 rings (SSSR count). The lowest BCUT2D eigenvalue weighted by molar-refractivity contribution is 0.746. The van der Waals surface area contributed by atoms with Gasteiger partial charge in [-0.1, -0.05) is 48.5 Å². The fourth-order valence-electron chi connectivity index (χ4n) is 2.40. The van der Waals surface area contributed by atoms with Crippen molar-refractivity contribution in [1.29, 1.82) is 0 Å². The fraction of sp³-hybridized carbons (Fsp3) is 0.200. The van der Waals surface area contributed by atoms with Crippen molar-refractivity contribution in [3.05, 3.63) is 65.7 Å². The minimum Gasteiger partial charge on any atom is -0.381 e. The van der Waals surface area contributed by atoms with E-state index in [0.717, 1.165) is 12.8 Å². The Kier molecular flexibility index (Phi) is 2.37. The summed E-state index contributed by atoms with van der Waals surface area (Å²) in [4.78, 5) is 0. The molecule has 1 aliphatic rings. The van der Waals surface area contributed by atoms with Gasteiger partial charge in [-0.2, -0.15) is 0 Å². The number of rotatable bonds is 2.